The van der Waals surface area contributed by atoms with Crippen molar-refractivity contribution in [2.24, 2.45) is 0 Å². The van der Waals surface area contributed by atoms with Crippen LogP contribution in [0.4, 0.5) is 0 Å². The molecule has 0 N–H and O–H groups in total. The highest BCUT2D eigenvalue weighted by Gasteiger charge is 2.34. The molecule has 1 aliphatic rings. The maximum absolute atomic E-state index is 12.6. The van der Waals surface area contributed by atoms with E-state index < -0.39 is 10.0 Å². The molecule has 1 aromatic rings. The molecule has 2 rings (SSSR count). The van der Waals surface area contributed by atoms with Gasteiger partial charge in [-0.2, -0.15) is 4.31 Å². The summed E-state index contributed by atoms with van der Waals surface area (Å²) >= 11 is 6.00. The van der Waals surface area contributed by atoms with Gasteiger partial charge in [-0.25, -0.2) is 8.42 Å². The standard InChI is InChI=1S/C13H18ClNO3S/c1-3-10-5-4-8-15(10)19(16,17)11-6-7-13(18-2)12(14)9-11/h6-7,9-10H,3-5,8H2,1-2H3. The highest BCUT2D eigenvalue weighted by atomic mass is 35.5. The minimum absolute atomic E-state index is 0.103. The van der Waals surface area contributed by atoms with E-state index in [1.54, 1.807) is 16.4 Å². The molecule has 106 valence electrons. The van der Waals surface area contributed by atoms with Gasteiger partial charge in [-0.15, -0.1) is 0 Å². The number of hydrogen-bond donors (Lipinski definition) is 0. The van der Waals surface area contributed by atoms with Crippen molar-refractivity contribution < 1.29 is 13.2 Å². The largest absolute Gasteiger partial charge is 0.495 e. The predicted molar refractivity (Wildman–Crippen MR) is 75.2 cm³/mol. The topological polar surface area (TPSA) is 46.6 Å². The van der Waals surface area contributed by atoms with Crippen molar-refractivity contribution in [3.8, 4) is 5.75 Å². The number of sulfonamides is 1. The molecule has 1 unspecified atom stereocenters. The van der Waals surface area contributed by atoms with Crippen molar-refractivity contribution in [2.45, 2.75) is 37.1 Å². The molecule has 0 aromatic heterocycles. The first-order chi connectivity index (χ1) is 9.00. The van der Waals surface area contributed by atoms with Crippen LogP contribution < -0.4 is 4.74 Å². The summed E-state index contributed by atoms with van der Waals surface area (Å²) in [4.78, 5) is 0.235. The molecular weight excluding hydrogens is 286 g/mol. The van der Waals surface area contributed by atoms with E-state index in [1.165, 1.54) is 13.2 Å². The van der Waals surface area contributed by atoms with Gasteiger partial charge in [-0.3, -0.25) is 0 Å². The van der Waals surface area contributed by atoms with E-state index in [0.717, 1.165) is 19.3 Å². The van der Waals surface area contributed by atoms with Gasteiger partial charge in [-0.05, 0) is 37.5 Å². The molecule has 0 aliphatic carbocycles. The van der Waals surface area contributed by atoms with Gasteiger partial charge in [0.2, 0.25) is 10.0 Å². The number of ether oxygens (including phenoxy) is 1. The lowest BCUT2D eigenvalue weighted by Gasteiger charge is -2.23. The molecule has 19 heavy (non-hydrogen) atoms. The number of benzene rings is 1. The van der Waals surface area contributed by atoms with Gasteiger partial charge in [0.05, 0.1) is 17.0 Å². The van der Waals surface area contributed by atoms with Crippen LogP contribution in [0.5, 0.6) is 5.75 Å². The molecule has 1 heterocycles. The van der Waals surface area contributed by atoms with Crippen molar-refractivity contribution in [1.29, 1.82) is 0 Å². The molecule has 0 amide bonds. The van der Waals surface area contributed by atoms with Crippen molar-refractivity contribution >= 4 is 21.6 Å². The Morgan fingerprint density at radius 3 is 2.79 bits per heavy atom. The Labute approximate surface area is 119 Å². The first-order valence-electron chi connectivity index (χ1n) is 6.36. The van der Waals surface area contributed by atoms with Crippen LogP contribution in [0.2, 0.25) is 5.02 Å². The summed E-state index contributed by atoms with van der Waals surface area (Å²) in [5, 5.41) is 0.316. The third kappa shape index (κ3) is 2.73. The molecular formula is C13H18ClNO3S. The molecule has 0 saturated carbocycles. The summed E-state index contributed by atoms with van der Waals surface area (Å²) in [6, 6.07) is 4.70. The fourth-order valence-corrected chi connectivity index (χ4v) is 4.59. The lowest BCUT2D eigenvalue weighted by atomic mass is 10.2. The van der Waals surface area contributed by atoms with E-state index in [2.05, 4.69) is 0 Å². The quantitative estimate of drug-likeness (QED) is 0.859. The van der Waals surface area contributed by atoms with Gasteiger partial charge in [0.15, 0.2) is 0 Å². The lowest BCUT2D eigenvalue weighted by molar-refractivity contribution is 0.379. The van der Waals surface area contributed by atoms with Crippen LogP contribution in [0, 0.1) is 0 Å². The Balaban J connectivity index is 2.37. The minimum Gasteiger partial charge on any atom is -0.495 e. The van der Waals surface area contributed by atoms with E-state index in [4.69, 9.17) is 16.3 Å². The molecule has 4 nitrogen and oxygen atoms in total. The van der Waals surface area contributed by atoms with Gasteiger partial charge >= 0.3 is 0 Å². The zero-order chi connectivity index (χ0) is 14.0. The van der Waals surface area contributed by atoms with Crippen LogP contribution in [0.3, 0.4) is 0 Å². The summed E-state index contributed by atoms with van der Waals surface area (Å²) in [6.07, 6.45) is 2.68. The van der Waals surface area contributed by atoms with Crippen LogP contribution in [0.1, 0.15) is 26.2 Å². The molecule has 1 aliphatic heterocycles. The Hall–Kier alpha value is -0.780. The van der Waals surface area contributed by atoms with Crippen LogP contribution in [0.25, 0.3) is 0 Å². The average molecular weight is 304 g/mol. The molecule has 0 bridgehead atoms. The molecule has 1 aromatic carbocycles. The number of halogens is 1. The maximum Gasteiger partial charge on any atom is 0.243 e. The van der Waals surface area contributed by atoms with Crippen LogP contribution in [0.15, 0.2) is 23.1 Å². The van der Waals surface area contributed by atoms with Crippen molar-refractivity contribution in [1.82, 2.24) is 4.31 Å². The van der Waals surface area contributed by atoms with Crippen molar-refractivity contribution in [2.75, 3.05) is 13.7 Å². The first kappa shape index (κ1) is 14.6. The fraction of sp³-hybridized carbons (Fsp3) is 0.538. The Kier molecular flexibility index (Phi) is 4.38. The Morgan fingerprint density at radius 2 is 2.21 bits per heavy atom. The highest BCUT2D eigenvalue weighted by Crippen LogP contribution is 2.31. The molecule has 0 radical (unpaired) electrons. The van der Waals surface area contributed by atoms with Gasteiger partial charge in [0.1, 0.15) is 5.75 Å². The lowest BCUT2D eigenvalue weighted by Crippen LogP contribution is -2.35. The van der Waals surface area contributed by atoms with Crippen molar-refractivity contribution in [3.63, 3.8) is 0 Å². The second kappa shape index (κ2) is 5.69. The van der Waals surface area contributed by atoms with E-state index in [9.17, 15) is 8.42 Å². The number of nitrogens with zero attached hydrogens (tertiary/aromatic N) is 1. The average Bonchev–Trinajstić information content (AvgIpc) is 2.87. The molecule has 1 fully saturated rings. The minimum atomic E-state index is -3.45. The molecule has 0 spiro atoms. The summed E-state index contributed by atoms with van der Waals surface area (Å²) in [5.74, 6) is 0.481. The molecule has 1 saturated heterocycles. The third-order valence-electron chi connectivity index (χ3n) is 3.52. The Morgan fingerprint density at radius 1 is 1.47 bits per heavy atom. The highest BCUT2D eigenvalue weighted by molar-refractivity contribution is 7.89. The monoisotopic (exact) mass is 303 g/mol. The third-order valence-corrected chi connectivity index (χ3v) is 5.77. The number of rotatable bonds is 4. The second-order valence-corrected chi connectivity index (χ2v) is 6.91. The molecule has 6 heteroatoms. The normalized spacial score (nSPS) is 20.7. The van der Waals surface area contributed by atoms with Crippen LogP contribution >= 0.6 is 11.6 Å². The smallest absolute Gasteiger partial charge is 0.243 e. The maximum atomic E-state index is 12.6. The Bertz CT molecular complexity index is 559. The van der Waals surface area contributed by atoms with Gasteiger partial charge in [0, 0.05) is 12.6 Å². The summed E-state index contributed by atoms with van der Waals surface area (Å²) < 4.78 is 31.8. The SMILES string of the molecule is CCC1CCCN1S(=O)(=O)c1ccc(OC)c(Cl)c1. The summed E-state index contributed by atoms with van der Waals surface area (Å²) in [6.45, 7) is 2.60. The zero-order valence-corrected chi connectivity index (χ0v) is 12.7. The van der Waals surface area contributed by atoms with Gasteiger partial charge < -0.3 is 4.74 Å². The van der Waals surface area contributed by atoms with Crippen LogP contribution in [-0.4, -0.2) is 32.4 Å². The zero-order valence-electron chi connectivity index (χ0n) is 11.1. The van der Waals surface area contributed by atoms with E-state index in [0.29, 0.717) is 17.3 Å². The van der Waals surface area contributed by atoms with Gasteiger partial charge in [-0.1, -0.05) is 18.5 Å². The number of hydrogen-bond acceptors (Lipinski definition) is 3. The fourth-order valence-electron chi connectivity index (χ4n) is 2.48. The van der Waals surface area contributed by atoms with Crippen LogP contribution in [-0.2, 0) is 10.0 Å². The number of methoxy groups -OCH3 is 1. The van der Waals surface area contributed by atoms with E-state index >= 15 is 0 Å². The van der Waals surface area contributed by atoms with E-state index in [-0.39, 0.29) is 10.9 Å². The predicted octanol–water partition coefficient (Wildman–Crippen LogP) is 2.91. The molecule has 1 atom stereocenters. The second-order valence-electron chi connectivity index (χ2n) is 4.62. The summed E-state index contributed by atoms with van der Waals surface area (Å²) in [7, 11) is -1.95. The summed E-state index contributed by atoms with van der Waals surface area (Å²) in [5.41, 5.74) is 0. The van der Waals surface area contributed by atoms with E-state index in [1.807, 2.05) is 6.92 Å². The van der Waals surface area contributed by atoms with Gasteiger partial charge in [0.25, 0.3) is 0 Å². The van der Waals surface area contributed by atoms with Crippen molar-refractivity contribution in [3.05, 3.63) is 23.2 Å². The first-order valence-corrected chi connectivity index (χ1v) is 8.18.